The molecule has 0 amide bonds. The van der Waals surface area contributed by atoms with Gasteiger partial charge in [-0.15, -0.1) is 0 Å². The topological polar surface area (TPSA) is 76.3 Å². The Balaban J connectivity index is 2.46. The lowest BCUT2D eigenvalue weighted by molar-refractivity contribution is 0.346. The molecule has 1 aliphatic rings. The average molecular weight is 283 g/mol. The molecule has 1 aromatic heterocycles. The van der Waals surface area contributed by atoms with E-state index in [2.05, 4.69) is 16.8 Å². The highest BCUT2D eigenvalue weighted by Gasteiger charge is 2.31. The monoisotopic (exact) mass is 283 g/mol. The van der Waals surface area contributed by atoms with Crippen LogP contribution in [0.1, 0.15) is 19.8 Å². The Morgan fingerprint density at radius 1 is 1.53 bits per heavy atom. The highest BCUT2D eigenvalue weighted by molar-refractivity contribution is 7.90. The van der Waals surface area contributed by atoms with Crippen molar-refractivity contribution in [2.45, 2.75) is 30.7 Å². The van der Waals surface area contributed by atoms with Crippen LogP contribution >= 0.6 is 0 Å². The van der Waals surface area contributed by atoms with E-state index in [1.165, 1.54) is 6.26 Å². The maximum atomic E-state index is 11.9. The van der Waals surface area contributed by atoms with E-state index in [1.807, 2.05) is 0 Å². The second kappa shape index (κ2) is 5.46. The molecule has 2 unspecified atom stereocenters. The zero-order chi connectivity index (χ0) is 14.0. The smallest absolute Gasteiger partial charge is 0.179 e. The third-order valence-electron chi connectivity index (χ3n) is 3.78. The van der Waals surface area contributed by atoms with Crippen LogP contribution in [0, 0.1) is 5.92 Å². The summed E-state index contributed by atoms with van der Waals surface area (Å²) < 4.78 is 23.7. The van der Waals surface area contributed by atoms with Crippen LogP contribution in [-0.2, 0) is 9.84 Å². The van der Waals surface area contributed by atoms with Crippen LogP contribution in [0.15, 0.2) is 23.2 Å². The lowest BCUT2D eigenvalue weighted by atomic mass is 9.91. The molecule has 0 bridgehead atoms. The van der Waals surface area contributed by atoms with Crippen LogP contribution in [0.2, 0.25) is 0 Å². The lowest BCUT2D eigenvalue weighted by Crippen LogP contribution is -2.49. The van der Waals surface area contributed by atoms with Crippen molar-refractivity contribution in [3.8, 4) is 0 Å². The van der Waals surface area contributed by atoms with Crippen molar-refractivity contribution < 1.29 is 8.42 Å². The van der Waals surface area contributed by atoms with Gasteiger partial charge >= 0.3 is 0 Å². The number of hydrogen-bond donors (Lipinski definition) is 1. The first-order valence-electron chi connectivity index (χ1n) is 6.57. The Hall–Kier alpha value is -1.14. The van der Waals surface area contributed by atoms with Gasteiger partial charge in [0.2, 0.25) is 0 Å². The molecule has 2 heterocycles. The lowest BCUT2D eigenvalue weighted by Gasteiger charge is -2.40. The highest BCUT2D eigenvalue weighted by atomic mass is 32.2. The Bertz CT molecular complexity index is 545. The summed E-state index contributed by atoms with van der Waals surface area (Å²) >= 11 is 0. The van der Waals surface area contributed by atoms with E-state index in [0.717, 1.165) is 19.4 Å². The summed E-state index contributed by atoms with van der Waals surface area (Å²) in [5, 5.41) is 0. The van der Waals surface area contributed by atoms with E-state index in [0.29, 0.717) is 23.2 Å². The molecule has 1 aromatic rings. The second-order valence-corrected chi connectivity index (χ2v) is 7.20. The largest absolute Gasteiger partial charge is 0.351 e. The van der Waals surface area contributed by atoms with Gasteiger partial charge in [-0.25, -0.2) is 13.4 Å². The first-order valence-corrected chi connectivity index (χ1v) is 8.46. The molecular formula is C13H21N3O2S. The zero-order valence-electron chi connectivity index (χ0n) is 11.4. The molecule has 0 aliphatic carbocycles. The van der Waals surface area contributed by atoms with Crippen molar-refractivity contribution in [2.24, 2.45) is 11.7 Å². The molecule has 0 radical (unpaired) electrons. The van der Waals surface area contributed by atoms with Crippen LogP contribution in [0.4, 0.5) is 5.82 Å². The summed E-state index contributed by atoms with van der Waals surface area (Å²) in [6.45, 7) is 3.49. The summed E-state index contributed by atoms with van der Waals surface area (Å²) in [5.41, 5.74) is 5.86. The molecular weight excluding hydrogens is 262 g/mol. The van der Waals surface area contributed by atoms with Crippen LogP contribution in [0.5, 0.6) is 0 Å². The van der Waals surface area contributed by atoms with Gasteiger partial charge in [0.15, 0.2) is 9.84 Å². The second-order valence-electron chi connectivity index (χ2n) is 5.21. The number of aromatic nitrogens is 1. The quantitative estimate of drug-likeness (QED) is 0.897. The van der Waals surface area contributed by atoms with Crippen molar-refractivity contribution in [3.63, 3.8) is 0 Å². The Labute approximate surface area is 114 Å². The summed E-state index contributed by atoms with van der Waals surface area (Å²) in [6.07, 6.45) is 5.02. The Morgan fingerprint density at radius 2 is 2.26 bits per heavy atom. The molecule has 1 saturated heterocycles. The SMILES string of the molecule is CC1CCCN(c2ncccc2S(C)(=O)=O)C1CN. The third-order valence-corrected chi connectivity index (χ3v) is 4.90. The van der Waals surface area contributed by atoms with Gasteiger partial charge in [-0.05, 0) is 30.9 Å². The standard InChI is InChI=1S/C13H21N3O2S/c1-10-5-4-8-16(11(10)9-14)13-12(19(2,17)18)6-3-7-15-13/h3,6-7,10-11H,4-5,8-9,14H2,1-2H3. The van der Waals surface area contributed by atoms with Crippen LogP contribution in [0.25, 0.3) is 0 Å². The Kier molecular flexibility index (Phi) is 4.10. The van der Waals surface area contributed by atoms with Gasteiger partial charge in [0.25, 0.3) is 0 Å². The van der Waals surface area contributed by atoms with Crippen LogP contribution in [0.3, 0.4) is 0 Å². The van der Waals surface area contributed by atoms with Gasteiger partial charge < -0.3 is 10.6 Å². The van der Waals surface area contributed by atoms with Crippen LogP contribution < -0.4 is 10.6 Å². The van der Waals surface area contributed by atoms with Gasteiger partial charge in [-0.2, -0.15) is 0 Å². The molecule has 0 saturated carbocycles. The number of pyridine rings is 1. The first-order chi connectivity index (χ1) is 8.95. The van der Waals surface area contributed by atoms with E-state index in [4.69, 9.17) is 5.73 Å². The summed E-state index contributed by atoms with van der Waals surface area (Å²) in [4.78, 5) is 6.65. The van der Waals surface area contributed by atoms with Gasteiger partial charge in [-0.1, -0.05) is 6.92 Å². The molecule has 2 N–H and O–H groups in total. The van der Waals surface area contributed by atoms with E-state index < -0.39 is 9.84 Å². The van der Waals surface area contributed by atoms with E-state index in [1.54, 1.807) is 18.3 Å². The van der Waals surface area contributed by atoms with E-state index >= 15 is 0 Å². The number of nitrogens with two attached hydrogens (primary N) is 1. The normalized spacial score (nSPS) is 24.5. The molecule has 2 rings (SSSR count). The molecule has 19 heavy (non-hydrogen) atoms. The molecule has 1 aliphatic heterocycles. The number of anilines is 1. The predicted octanol–water partition coefficient (Wildman–Crippen LogP) is 1.05. The number of rotatable bonds is 3. The maximum absolute atomic E-state index is 11.9. The van der Waals surface area contributed by atoms with Gasteiger partial charge in [0, 0.05) is 31.6 Å². The van der Waals surface area contributed by atoms with Crippen molar-refractivity contribution in [1.82, 2.24) is 4.98 Å². The minimum absolute atomic E-state index is 0.157. The minimum atomic E-state index is -3.28. The van der Waals surface area contributed by atoms with Crippen molar-refractivity contribution in [2.75, 3.05) is 24.2 Å². The van der Waals surface area contributed by atoms with E-state index in [9.17, 15) is 8.42 Å². The average Bonchev–Trinajstić information content (AvgIpc) is 2.37. The molecule has 1 fully saturated rings. The zero-order valence-corrected chi connectivity index (χ0v) is 12.2. The van der Waals surface area contributed by atoms with Gasteiger partial charge in [0.05, 0.1) is 0 Å². The molecule has 0 spiro atoms. The maximum Gasteiger partial charge on any atom is 0.179 e. The molecule has 5 nitrogen and oxygen atoms in total. The van der Waals surface area contributed by atoms with Crippen LogP contribution in [-0.4, -0.2) is 38.8 Å². The molecule has 6 heteroatoms. The van der Waals surface area contributed by atoms with Gasteiger partial charge in [-0.3, -0.25) is 0 Å². The number of nitrogens with zero attached hydrogens (tertiary/aromatic N) is 2. The molecule has 2 atom stereocenters. The number of sulfone groups is 1. The van der Waals surface area contributed by atoms with Gasteiger partial charge in [0.1, 0.15) is 10.7 Å². The molecule has 0 aromatic carbocycles. The summed E-state index contributed by atoms with van der Waals surface area (Å²) in [6, 6.07) is 3.43. The van der Waals surface area contributed by atoms with E-state index in [-0.39, 0.29) is 6.04 Å². The minimum Gasteiger partial charge on any atom is -0.351 e. The fraction of sp³-hybridized carbons (Fsp3) is 0.615. The van der Waals surface area contributed by atoms with Crippen molar-refractivity contribution in [1.29, 1.82) is 0 Å². The van der Waals surface area contributed by atoms with Crippen molar-refractivity contribution >= 4 is 15.7 Å². The fourth-order valence-corrected chi connectivity index (χ4v) is 3.59. The summed E-state index contributed by atoms with van der Waals surface area (Å²) in [5.74, 6) is 1.00. The fourth-order valence-electron chi connectivity index (χ4n) is 2.76. The third kappa shape index (κ3) is 2.90. The number of hydrogen-bond acceptors (Lipinski definition) is 5. The highest BCUT2D eigenvalue weighted by Crippen LogP contribution is 2.30. The first kappa shape index (κ1) is 14.3. The van der Waals surface area contributed by atoms with Crippen molar-refractivity contribution in [3.05, 3.63) is 18.3 Å². The predicted molar refractivity (Wildman–Crippen MR) is 75.9 cm³/mol. The number of piperidine rings is 1. The Morgan fingerprint density at radius 3 is 2.89 bits per heavy atom. The molecule has 106 valence electrons. The summed E-state index contributed by atoms with van der Waals surface area (Å²) in [7, 11) is -3.28.